The average molecular weight is 663 g/mol. The van der Waals surface area contributed by atoms with E-state index in [1.54, 1.807) is 22.7 Å². The molecule has 6 nitrogen and oxygen atoms in total. The Balaban J connectivity index is 1.28. The van der Waals surface area contributed by atoms with Gasteiger partial charge in [0.2, 0.25) is 0 Å². The quantitative estimate of drug-likeness (QED) is 0.201. The van der Waals surface area contributed by atoms with Crippen LogP contribution in [0, 0.1) is 40.4 Å². The number of hydrogen-bond donors (Lipinski definition) is 3. The summed E-state index contributed by atoms with van der Waals surface area (Å²) in [5, 5.41) is 29.0. The minimum atomic E-state index is -1.08. The molecule has 0 aliphatic heterocycles. The maximum Gasteiger partial charge on any atom is 0.317 e. The zero-order chi connectivity index (χ0) is 32.7. The van der Waals surface area contributed by atoms with E-state index in [1.807, 2.05) is 43.9 Å². The molecule has 3 saturated carbocycles. The van der Waals surface area contributed by atoms with Gasteiger partial charge < -0.3 is 20.4 Å². The molecule has 2 aromatic rings. The molecule has 1 unspecified atom stereocenters. The summed E-state index contributed by atoms with van der Waals surface area (Å²) in [6.45, 7) is 11.5. The van der Waals surface area contributed by atoms with Crippen LogP contribution in [-0.2, 0) is 6.42 Å². The number of Topliss-reactive ketones (excluding diaryl/α,β-unsaturated/α-hetero) is 1. The topological polar surface area (TPSA) is 89.9 Å². The van der Waals surface area contributed by atoms with Gasteiger partial charge in [0.1, 0.15) is 0 Å². The second-order valence-electron chi connectivity index (χ2n) is 15.9. The molecule has 8 heteroatoms. The molecule has 3 N–H and O–H groups in total. The van der Waals surface area contributed by atoms with E-state index in [1.165, 1.54) is 4.88 Å². The van der Waals surface area contributed by atoms with Crippen LogP contribution in [0.1, 0.15) is 92.1 Å². The molecule has 2 aromatic heterocycles. The van der Waals surface area contributed by atoms with Crippen LogP contribution in [0.5, 0.6) is 0 Å². The molecule has 8 atom stereocenters. The highest BCUT2D eigenvalue weighted by molar-refractivity contribution is 7.14. The zero-order valence-corrected chi connectivity index (χ0v) is 29.6. The monoisotopic (exact) mass is 662 g/mol. The molecule has 2 heterocycles. The minimum absolute atomic E-state index is 0.00291. The van der Waals surface area contributed by atoms with Crippen LogP contribution in [0.3, 0.4) is 0 Å². The fraction of sp³-hybridized carbons (Fsp3) is 0.632. The normalized spacial score (nSPS) is 39.0. The summed E-state index contributed by atoms with van der Waals surface area (Å²) in [6.07, 6.45) is 12.9. The number of nitrogens with zero attached hydrogens (tertiary/aromatic N) is 1. The van der Waals surface area contributed by atoms with Gasteiger partial charge in [0, 0.05) is 44.2 Å². The summed E-state index contributed by atoms with van der Waals surface area (Å²) in [4.78, 5) is 33.2. The number of nitrogens with one attached hydrogen (secondary N) is 1. The number of carbonyl (C=O) groups is 2. The molecule has 8 rings (SSSR count). The van der Waals surface area contributed by atoms with Crippen molar-refractivity contribution in [1.82, 2.24) is 10.2 Å². The number of carbonyl (C=O) groups excluding carboxylic acids is 2. The van der Waals surface area contributed by atoms with Gasteiger partial charge in [0.15, 0.2) is 5.78 Å². The number of rotatable bonds is 8. The second-order valence-corrected chi connectivity index (χ2v) is 18.2. The van der Waals surface area contributed by atoms with Gasteiger partial charge in [0.05, 0.1) is 23.1 Å². The van der Waals surface area contributed by atoms with Gasteiger partial charge in [-0.3, -0.25) is 4.79 Å². The predicted octanol–water partition coefficient (Wildman–Crippen LogP) is 7.55. The third-order valence-corrected chi connectivity index (χ3v) is 15.2. The summed E-state index contributed by atoms with van der Waals surface area (Å²) in [6, 6.07) is 8.02. The van der Waals surface area contributed by atoms with Crippen LogP contribution in [0.4, 0.5) is 4.79 Å². The molecule has 6 aliphatic rings. The van der Waals surface area contributed by atoms with Crippen molar-refractivity contribution < 1.29 is 19.8 Å². The lowest BCUT2D eigenvalue weighted by molar-refractivity contribution is -0.174. The standard InChI is InChI=1S/C38H50N2O4S2/c1-24(2)39-33(43)40(19-13-27-7-6-20-45-27)23-37(44)16-12-31-35(37,5)15-11-30-34(4)14-10-26(41)21-36(34)17-18-38(30,31)28(22-36)32(42)29-9-8-25(3)46-29/h6-9,17-18,20,22,24,26,30-31,41,44H,10-16,19,21,23H2,1-5H3,(H,39,43)/t26?,30-,31-,34-,35+,36+,37-,38-/m1/s1. The van der Waals surface area contributed by atoms with Crippen molar-refractivity contribution >= 4 is 34.5 Å². The van der Waals surface area contributed by atoms with Crippen LogP contribution in [0.15, 0.2) is 53.4 Å². The molecule has 248 valence electrons. The lowest BCUT2D eigenvalue weighted by Gasteiger charge is -2.71. The first-order valence-electron chi connectivity index (χ1n) is 17.3. The van der Waals surface area contributed by atoms with Crippen molar-refractivity contribution in [2.75, 3.05) is 13.1 Å². The fourth-order valence-corrected chi connectivity index (χ4v) is 12.4. The number of aliphatic hydroxyl groups is 2. The Labute approximate surface area is 282 Å². The molecule has 0 radical (unpaired) electrons. The van der Waals surface area contributed by atoms with Gasteiger partial charge in [-0.15, -0.1) is 22.7 Å². The Hall–Kier alpha value is -2.26. The van der Waals surface area contributed by atoms with Crippen molar-refractivity contribution in [3.05, 3.63) is 68.1 Å². The fourth-order valence-electron chi connectivity index (χ4n) is 10.9. The molecule has 6 aliphatic carbocycles. The van der Waals surface area contributed by atoms with Crippen LogP contribution in [-0.4, -0.2) is 57.8 Å². The summed E-state index contributed by atoms with van der Waals surface area (Å²) in [7, 11) is 0. The third-order valence-electron chi connectivity index (χ3n) is 13.3. The van der Waals surface area contributed by atoms with Crippen molar-refractivity contribution in [2.24, 2.45) is 33.5 Å². The zero-order valence-electron chi connectivity index (χ0n) is 28.0. The Bertz CT molecular complexity index is 1580. The van der Waals surface area contributed by atoms with Crippen molar-refractivity contribution in [2.45, 2.75) is 104 Å². The molecule has 2 spiro atoms. The van der Waals surface area contributed by atoms with Crippen LogP contribution >= 0.6 is 22.7 Å². The van der Waals surface area contributed by atoms with E-state index in [0.29, 0.717) is 19.4 Å². The smallest absolute Gasteiger partial charge is 0.317 e. The second kappa shape index (κ2) is 11.1. The van der Waals surface area contributed by atoms with Crippen LogP contribution in [0.2, 0.25) is 0 Å². The molecule has 3 fully saturated rings. The van der Waals surface area contributed by atoms with Crippen LogP contribution in [0.25, 0.3) is 0 Å². The van der Waals surface area contributed by atoms with E-state index in [9.17, 15) is 19.8 Å². The highest BCUT2D eigenvalue weighted by Crippen LogP contribution is 2.78. The highest BCUT2D eigenvalue weighted by atomic mass is 32.1. The number of fused-ring (bicyclic) bond motifs is 1. The number of ketones is 1. The lowest BCUT2D eigenvalue weighted by Crippen LogP contribution is -2.67. The Morgan fingerprint density at radius 1 is 1.04 bits per heavy atom. The first kappa shape index (κ1) is 32.3. The van der Waals surface area contributed by atoms with E-state index in [4.69, 9.17) is 0 Å². The Kier molecular flexibility index (Phi) is 7.82. The summed E-state index contributed by atoms with van der Waals surface area (Å²) in [5.74, 6) is 0.426. The molecular weight excluding hydrogens is 613 g/mol. The molecule has 2 amide bonds. The van der Waals surface area contributed by atoms with Crippen molar-refractivity contribution in [1.29, 1.82) is 0 Å². The van der Waals surface area contributed by atoms with Gasteiger partial charge >= 0.3 is 6.03 Å². The number of aliphatic hydroxyl groups excluding tert-OH is 1. The predicted molar refractivity (Wildman–Crippen MR) is 185 cm³/mol. The third kappa shape index (κ3) is 4.60. The van der Waals surface area contributed by atoms with Crippen molar-refractivity contribution in [3.8, 4) is 0 Å². The number of amides is 2. The minimum Gasteiger partial charge on any atom is -0.393 e. The van der Waals surface area contributed by atoms with Gasteiger partial charge in [-0.25, -0.2) is 4.79 Å². The SMILES string of the molecule is Cc1ccc(C(=O)C2=C[C@@]34C=C[C@@]25[C@@H]2CC[C@@](O)(CN(CCc6cccs6)C(=O)NC(C)C)[C@@]2(C)CC[C@@H]5[C@@]3(C)CCC(O)C4)s1. The number of aryl methyl sites for hydroxylation is 1. The molecule has 46 heavy (non-hydrogen) atoms. The number of thiophene rings is 2. The van der Waals surface area contributed by atoms with Gasteiger partial charge in [-0.05, 0) is 113 Å². The Morgan fingerprint density at radius 3 is 2.48 bits per heavy atom. The van der Waals surface area contributed by atoms with E-state index in [-0.39, 0.29) is 53.2 Å². The average Bonchev–Trinajstić information content (AvgIpc) is 3.74. The number of allylic oxidation sites excluding steroid dienone is 4. The molecule has 0 saturated heterocycles. The van der Waals surface area contributed by atoms with Gasteiger partial charge in [-0.1, -0.05) is 38.1 Å². The first-order chi connectivity index (χ1) is 21.8. The van der Waals surface area contributed by atoms with E-state index in [0.717, 1.165) is 53.9 Å². The Morgan fingerprint density at radius 2 is 1.78 bits per heavy atom. The van der Waals surface area contributed by atoms with Gasteiger partial charge in [-0.2, -0.15) is 0 Å². The maximum atomic E-state index is 14.7. The lowest BCUT2D eigenvalue weighted by atomic mass is 9.32. The molecule has 2 bridgehead atoms. The number of hydrogen-bond acceptors (Lipinski definition) is 6. The molecule has 0 aromatic carbocycles. The van der Waals surface area contributed by atoms with Gasteiger partial charge in [0.25, 0.3) is 0 Å². The number of urea groups is 1. The summed E-state index contributed by atoms with van der Waals surface area (Å²) in [5.41, 5.74) is -1.58. The first-order valence-corrected chi connectivity index (χ1v) is 19.0. The largest absolute Gasteiger partial charge is 0.393 e. The van der Waals surface area contributed by atoms with E-state index < -0.39 is 16.4 Å². The van der Waals surface area contributed by atoms with Crippen LogP contribution < -0.4 is 5.32 Å². The summed E-state index contributed by atoms with van der Waals surface area (Å²) >= 11 is 3.26. The van der Waals surface area contributed by atoms with E-state index >= 15 is 0 Å². The molecular formula is C38H50N2O4S2. The highest BCUT2D eigenvalue weighted by Gasteiger charge is 2.74. The van der Waals surface area contributed by atoms with Crippen molar-refractivity contribution in [3.63, 3.8) is 0 Å². The van der Waals surface area contributed by atoms with E-state index in [2.05, 4.69) is 48.8 Å². The summed E-state index contributed by atoms with van der Waals surface area (Å²) < 4.78 is 0. The maximum absolute atomic E-state index is 14.7.